The van der Waals surface area contributed by atoms with Gasteiger partial charge in [-0.05, 0) is 49.4 Å². The van der Waals surface area contributed by atoms with Gasteiger partial charge >= 0.3 is 0 Å². The maximum atomic E-state index is 12.5. The molecule has 1 N–H and O–H groups in total. The van der Waals surface area contributed by atoms with Crippen molar-refractivity contribution >= 4 is 46.4 Å². The Hall–Kier alpha value is -2.24. The summed E-state index contributed by atoms with van der Waals surface area (Å²) in [6.45, 7) is 2.83. The number of amides is 2. The third-order valence-electron chi connectivity index (χ3n) is 4.14. The van der Waals surface area contributed by atoms with E-state index in [1.54, 1.807) is 23.1 Å². The fourth-order valence-corrected chi connectivity index (χ4v) is 3.14. The lowest BCUT2D eigenvalue weighted by molar-refractivity contribution is -0.122. The van der Waals surface area contributed by atoms with E-state index in [1.807, 2.05) is 31.2 Å². The first-order valence-corrected chi connectivity index (χ1v) is 9.02. The van der Waals surface area contributed by atoms with Crippen LogP contribution in [0.2, 0.25) is 10.0 Å². The maximum Gasteiger partial charge on any atom is 0.229 e. The minimum atomic E-state index is -0.427. The van der Waals surface area contributed by atoms with Crippen molar-refractivity contribution in [2.75, 3.05) is 23.4 Å². The Bertz CT molecular complexity index is 824. The van der Waals surface area contributed by atoms with Crippen molar-refractivity contribution in [2.45, 2.75) is 13.3 Å². The molecule has 0 bridgehead atoms. The molecule has 0 aromatic heterocycles. The summed E-state index contributed by atoms with van der Waals surface area (Å²) in [6.07, 6.45) is 0.167. The van der Waals surface area contributed by atoms with Gasteiger partial charge in [0, 0.05) is 24.3 Å². The zero-order valence-electron chi connectivity index (χ0n) is 14.2. The maximum absolute atomic E-state index is 12.5. The number of halogens is 2. The van der Waals surface area contributed by atoms with Crippen molar-refractivity contribution in [3.8, 4) is 5.75 Å². The molecule has 3 rings (SSSR count). The highest BCUT2D eigenvalue weighted by Gasteiger charge is 2.35. The minimum absolute atomic E-state index is 0.0801. The van der Waals surface area contributed by atoms with Crippen molar-refractivity contribution in [3.05, 3.63) is 52.5 Å². The molecule has 0 unspecified atom stereocenters. The second kappa shape index (κ2) is 7.98. The Morgan fingerprint density at radius 1 is 1.19 bits per heavy atom. The molecule has 2 amide bonds. The first-order valence-electron chi connectivity index (χ1n) is 8.27. The van der Waals surface area contributed by atoms with E-state index in [-0.39, 0.29) is 18.2 Å². The van der Waals surface area contributed by atoms with Crippen LogP contribution in [0.4, 0.5) is 11.4 Å². The monoisotopic (exact) mass is 392 g/mol. The van der Waals surface area contributed by atoms with Crippen LogP contribution in [0.1, 0.15) is 13.3 Å². The standard InChI is InChI=1S/C19H18Cl2N2O3/c1-2-26-15-6-4-14(5-7-15)23-11-12(9-18(23)24)19(25)22-13-3-8-16(20)17(21)10-13/h3-8,10,12H,2,9,11H2,1H3,(H,22,25)/t12-/m1/s1. The van der Waals surface area contributed by atoms with Crippen molar-refractivity contribution in [2.24, 2.45) is 5.92 Å². The average Bonchev–Trinajstić information content (AvgIpc) is 3.01. The summed E-state index contributed by atoms with van der Waals surface area (Å²) in [7, 11) is 0. The van der Waals surface area contributed by atoms with Gasteiger partial charge < -0.3 is 15.0 Å². The van der Waals surface area contributed by atoms with Gasteiger partial charge in [0.15, 0.2) is 0 Å². The molecule has 0 radical (unpaired) electrons. The number of hydrogen-bond donors (Lipinski definition) is 1. The molecule has 2 aromatic rings. The highest BCUT2D eigenvalue weighted by molar-refractivity contribution is 6.42. The summed E-state index contributed by atoms with van der Waals surface area (Å²) in [5.74, 6) is 0.0222. The summed E-state index contributed by atoms with van der Waals surface area (Å²) in [5.41, 5.74) is 1.31. The minimum Gasteiger partial charge on any atom is -0.494 e. The quantitative estimate of drug-likeness (QED) is 0.820. The molecule has 136 valence electrons. The van der Waals surface area contributed by atoms with E-state index in [0.29, 0.717) is 28.9 Å². The van der Waals surface area contributed by atoms with E-state index in [4.69, 9.17) is 27.9 Å². The van der Waals surface area contributed by atoms with Crippen molar-refractivity contribution in [1.82, 2.24) is 0 Å². The predicted molar refractivity (Wildman–Crippen MR) is 103 cm³/mol. The Labute approximate surface area is 161 Å². The number of rotatable bonds is 5. The van der Waals surface area contributed by atoms with Crippen LogP contribution in [0.5, 0.6) is 5.75 Å². The van der Waals surface area contributed by atoms with Gasteiger partial charge in [-0.1, -0.05) is 23.2 Å². The Morgan fingerprint density at radius 2 is 1.92 bits per heavy atom. The molecule has 1 atom stereocenters. The second-order valence-electron chi connectivity index (χ2n) is 5.95. The van der Waals surface area contributed by atoms with Gasteiger partial charge in [-0.25, -0.2) is 0 Å². The number of carbonyl (C=O) groups is 2. The molecule has 5 nitrogen and oxygen atoms in total. The highest BCUT2D eigenvalue weighted by atomic mass is 35.5. The first kappa shape index (κ1) is 18.5. The molecule has 0 aliphatic carbocycles. The number of carbonyl (C=O) groups excluding carboxylic acids is 2. The van der Waals surface area contributed by atoms with Crippen LogP contribution in [0, 0.1) is 5.92 Å². The molecule has 1 fully saturated rings. The van der Waals surface area contributed by atoms with E-state index >= 15 is 0 Å². The summed E-state index contributed by atoms with van der Waals surface area (Å²) in [6, 6.07) is 12.1. The molecule has 2 aromatic carbocycles. The van der Waals surface area contributed by atoms with Gasteiger partial charge in [0.25, 0.3) is 0 Å². The lowest BCUT2D eigenvalue weighted by Gasteiger charge is -2.17. The fourth-order valence-electron chi connectivity index (χ4n) is 2.84. The number of hydrogen-bond acceptors (Lipinski definition) is 3. The van der Waals surface area contributed by atoms with Crippen LogP contribution in [0.25, 0.3) is 0 Å². The second-order valence-corrected chi connectivity index (χ2v) is 6.76. The van der Waals surface area contributed by atoms with Crippen LogP contribution in [0.3, 0.4) is 0 Å². The summed E-state index contributed by atoms with van der Waals surface area (Å²) in [4.78, 5) is 26.4. The third-order valence-corrected chi connectivity index (χ3v) is 4.88. The Morgan fingerprint density at radius 3 is 2.58 bits per heavy atom. The molecule has 26 heavy (non-hydrogen) atoms. The van der Waals surface area contributed by atoms with E-state index in [2.05, 4.69) is 5.32 Å². The number of ether oxygens (including phenoxy) is 1. The summed E-state index contributed by atoms with van der Waals surface area (Å²) in [5, 5.41) is 3.57. The van der Waals surface area contributed by atoms with Gasteiger partial charge in [0.05, 0.1) is 22.6 Å². The van der Waals surface area contributed by atoms with Crippen LogP contribution >= 0.6 is 23.2 Å². The predicted octanol–water partition coefficient (Wildman–Crippen LogP) is 4.38. The third kappa shape index (κ3) is 4.11. The van der Waals surface area contributed by atoms with Crippen molar-refractivity contribution in [3.63, 3.8) is 0 Å². The topological polar surface area (TPSA) is 58.6 Å². The Kier molecular flexibility index (Phi) is 5.69. The number of anilines is 2. The molecule has 0 saturated carbocycles. The summed E-state index contributed by atoms with van der Waals surface area (Å²) >= 11 is 11.8. The fraction of sp³-hybridized carbons (Fsp3) is 0.263. The largest absolute Gasteiger partial charge is 0.494 e. The highest BCUT2D eigenvalue weighted by Crippen LogP contribution is 2.29. The summed E-state index contributed by atoms with van der Waals surface area (Å²) < 4.78 is 5.41. The molecule has 1 heterocycles. The van der Waals surface area contributed by atoms with E-state index in [1.165, 1.54) is 0 Å². The zero-order valence-corrected chi connectivity index (χ0v) is 15.7. The molecular weight excluding hydrogens is 375 g/mol. The molecule has 1 aliphatic rings. The van der Waals surface area contributed by atoms with Gasteiger partial charge in [-0.15, -0.1) is 0 Å². The SMILES string of the molecule is CCOc1ccc(N2C[C@H](C(=O)Nc3ccc(Cl)c(Cl)c3)CC2=O)cc1. The van der Waals surface area contributed by atoms with Gasteiger partial charge in [-0.2, -0.15) is 0 Å². The lowest BCUT2D eigenvalue weighted by Crippen LogP contribution is -2.28. The molecular formula is C19H18Cl2N2O3. The van der Waals surface area contributed by atoms with Gasteiger partial charge in [0.1, 0.15) is 5.75 Å². The number of nitrogens with one attached hydrogen (secondary N) is 1. The van der Waals surface area contributed by atoms with Gasteiger partial charge in [-0.3, -0.25) is 9.59 Å². The van der Waals surface area contributed by atoms with Crippen LogP contribution in [-0.4, -0.2) is 25.0 Å². The molecule has 7 heteroatoms. The molecule has 1 aliphatic heterocycles. The van der Waals surface area contributed by atoms with E-state index in [0.717, 1.165) is 11.4 Å². The average molecular weight is 393 g/mol. The zero-order chi connectivity index (χ0) is 18.7. The lowest BCUT2D eigenvalue weighted by atomic mass is 10.1. The van der Waals surface area contributed by atoms with Crippen LogP contribution < -0.4 is 15.0 Å². The Balaban J connectivity index is 1.66. The van der Waals surface area contributed by atoms with Crippen LogP contribution in [0.15, 0.2) is 42.5 Å². The van der Waals surface area contributed by atoms with E-state index < -0.39 is 5.92 Å². The van der Waals surface area contributed by atoms with Crippen molar-refractivity contribution < 1.29 is 14.3 Å². The van der Waals surface area contributed by atoms with Gasteiger partial charge in [0.2, 0.25) is 11.8 Å². The molecule has 0 spiro atoms. The van der Waals surface area contributed by atoms with Crippen LogP contribution in [-0.2, 0) is 9.59 Å². The number of benzene rings is 2. The smallest absolute Gasteiger partial charge is 0.229 e. The molecule has 1 saturated heterocycles. The number of nitrogens with zero attached hydrogens (tertiary/aromatic N) is 1. The van der Waals surface area contributed by atoms with Crippen molar-refractivity contribution in [1.29, 1.82) is 0 Å². The first-order chi connectivity index (χ1) is 12.5. The normalized spacial score (nSPS) is 16.7. The van der Waals surface area contributed by atoms with E-state index in [9.17, 15) is 9.59 Å².